The minimum atomic E-state index is -1.28. The molecule has 1 heterocycles. The van der Waals surface area contributed by atoms with Crippen LogP contribution >= 0.6 is 0 Å². The number of carbonyl (C=O) groups is 2. The van der Waals surface area contributed by atoms with Gasteiger partial charge in [0.15, 0.2) is 0 Å². The molecular formula is C17H19N3O3. The lowest BCUT2D eigenvalue weighted by Gasteiger charge is -2.26. The lowest BCUT2D eigenvalue weighted by Crippen LogP contribution is -2.57. The number of amides is 2. The van der Waals surface area contributed by atoms with Crippen molar-refractivity contribution in [2.75, 3.05) is 0 Å². The highest BCUT2D eigenvalue weighted by molar-refractivity contribution is 5.88. The van der Waals surface area contributed by atoms with Crippen molar-refractivity contribution in [3.63, 3.8) is 0 Å². The second kappa shape index (κ2) is 7.40. The largest absolute Gasteiger partial charge is 0.445 e. The van der Waals surface area contributed by atoms with Crippen molar-refractivity contribution in [1.82, 2.24) is 10.3 Å². The fraction of sp³-hybridized carbons (Fsp3) is 0.235. The van der Waals surface area contributed by atoms with Gasteiger partial charge in [0.25, 0.3) is 0 Å². The molecule has 6 nitrogen and oxygen atoms in total. The van der Waals surface area contributed by atoms with E-state index in [0.717, 1.165) is 5.56 Å². The van der Waals surface area contributed by atoms with Gasteiger partial charge < -0.3 is 15.8 Å². The zero-order valence-corrected chi connectivity index (χ0v) is 12.9. The first-order valence-electron chi connectivity index (χ1n) is 7.18. The Labute approximate surface area is 134 Å². The van der Waals surface area contributed by atoms with Gasteiger partial charge >= 0.3 is 6.09 Å². The number of alkyl carbamates (subject to hydrolysis) is 1. The molecule has 1 aromatic carbocycles. The molecule has 1 aromatic heterocycles. The van der Waals surface area contributed by atoms with E-state index in [0.29, 0.717) is 5.69 Å². The normalized spacial score (nSPS) is 12.9. The molecular weight excluding hydrogens is 294 g/mol. The number of benzene rings is 1. The summed E-state index contributed by atoms with van der Waals surface area (Å²) in [6, 6.07) is 14.6. The van der Waals surface area contributed by atoms with Crippen molar-refractivity contribution in [3.8, 4) is 0 Å². The van der Waals surface area contributed by atoms with E-state index in [1.165, 1.54) is 0 Å². The first kappa shape index (κ1) is 16.5. The quantitative estimate of drug-likeness (QED) is 0.850. The van der Waals surface area contributed by atoms with Crippen LogP contribution in [0.1, 0.15) is 18.2 Å². The van der Waals surface area contributed by atoms with Crippen LogP contribution in [0.25, 0.3) is 0 Å². The van der Waals surface area contributed by atoms with Crippen molar-refractivity contribution in [3.05, 3.63) is 66.0 Å². The Hall–Kier alpha value is -2.89. The number of nitrogens with one attached hydrogen (secondary N) is 1. The average Bonchev–Trinajstić information content (AvgIpc) is 2.54. The van der Waals surface area contributed by atoms with Crippen molar-refractivity contribution in [2.45, 2.75) is 25.5 Å². The van der Waals surface area contributed by atoms with Gasteiger partial charge in [0, 0.05) is 18.3 Å². The number of pyridine rings is 1. The average molecular weight is 313 g/mol. The van der Waals surface area contributed by atoms with Crippen LogP contribution in [0.5, 0.6) is 0 Å². The number of aromatic nitrogens is 1. The van der Waals surface area contributed by atoms with Crippen LogP contribution in [-0.2, 0) is 22.6 Å². The number of rotatable bonds is 6. The summed E-state index contributed by atoms with van der Waals surface area (Å²) in [6.07, 6.45) is 1.10. The van der Waals surface area contributed by atoms with Crippen LogP contribution in [0, 0.1) is 0 Å². The maximum atomic E-state index is 12.0. The molecule has 0 aliphatic heterocycles. The first-order chi connectivity index (χ1) is 11.0. The van der Waals surface area contributed by atoms with Crippen LogP contribution in [0.15, 0.2) is 54.7 Å². The molecule has 0 bridgehead atoms. The molecule has 0 saturated heterocycles. The van der Waals surface area contributed by atoms with Crippen molar-refractivity contribution in [2.24, 2.45) is 5.73 Å². The van der Waals surface area contributed by atoms with Crippen LogP contribution in [0.2, 0.25) is 0 Å². The fourth-order valence-electron chi connectivity index (χ4n) is 2.04. The summed E-state index contributed by atoms with van der Waals surface area (Å²) in [5.41, 5.74) is 5.67. The second-order valence-corrected chi connectivity index (χ2v) is 5.38. The standard InChI is InChI=1S/C17H19N3O3/c1-17(15(18)21,11-14-9-5-6-10-19-14)20-16(22)23-12-13-7-3-2-4-8-13/h2-10H,11-12H2,1H3,(H2,18,21)(H,20,22)/t17-/m1/s1. The van der Waals surface area contributed by atoms with E-state index in [-0.39, 0.29) is 13.0 Å². The molecule has 0 saturated carbocycles. The van der Waals surface area contributed by atoms with Gasteiger partial charge in [-0.15, -0.1) is 0 Å². The number of carbonyl (C=O) groups excluding carboxylic acids is 2. The number of ether oxygens (including phenoxy) is 1. The molecule has 120 valence electrons. The highest BCUT2D eigenvalue weighted by Gasteiger charge is 2.34. The molecule has 0 aliphatic carbocycles. The Bertz CT molecular complexity index is 661. The van der Waals surface area contributed by atoms with Crippen LogP contribution in [0.3, 0.4) is 0 Å². The van der Waals surface area contributed by atoms with Gasteiger partial charge in [-0.3, -0.25) is 9.78 Å². The molecule has 23 heavy (non-hydrogen) atoms. The minimum absolute atomic E-state index is 0.116. The number of nitrogens with zero attached hydrogens (tertiary/aromatic N) is 1. The van der Waals surface area contributed by atoms with Crippen LogP contribution in [-0.4, -0.2) is 22.5 Å². The van der Waals surface area contributed by atoms with E-state index in [2.05, 4.69) is 10.3 Å². The zero-order chi connectivity index (χ0) is 16.7. The smallest absolute Gasteiger partial charge is 0.408 e. The Kier molecular flexibility index (Phi) is 5.30. The third-order valence-corrected chi connectivity index (χ3v) is 3.40. The van der Waals surface area contributed by atoms with E-state index < -0.39 is 17.5 Å². The molecule has 0 aliphatic rings. The number of hydrogen-bond donors (Lipinski definition) is 2. The van der Waals surface area contributed by atoms with Gasteiger partial charge in [-0.2, -0.15) is 0 Å². The molecule has 2 rings (SSSR count). The Balaban J connectivity index is 1.98. The Morgan fingerprint density at radius 1 is 1.17 bits per heavy atom. The summed E-state index contributed by atoms with van der Waals surface area (Å²) in [5, 5.41) is 2.54. The second-order valence-electron chi connectivity index (χ2n) is 5.38. The highest BCUT2D eigenvalue weighted by Crippen LogP contribution is 2.12. The molecule has 0 spiro atoms. The molecule has 0 unspecified atom stereocenters. The van der Waals surface area contributed by atoms with Gasteiger partial charge in [-0.1, -0.05) is 36.4 Å². The van der Waals surface area contributed by atoms with E-state index in [9.17, 15) is 9.59 Å². The van der Waals surface area contributed by atoms with E-state index in [1.807, 2.05) is 30.3 Å². The van der Waals surface area contributed by atoms with Gasteiger partial charge in [-0.25, -0.2) is 4.79 Å². The maximum absolute atomic E-state index is 12.0. The Morgan fingerprint density at radius 2 is 1.87 bits per heavy atom. The van der Waals surface area contributed by atoms with Crippen LogP contribution < -0.4 is 11.1 Å². The topological polar surface area (TPSA) is 94.3 Å². The van der Waals surface area contributed by atoms with Gasteiger partial charge in [0.1, 0.15) is 12.1 Å². The van der Waals surface area contributed by atoms with Crippen molar-refractivity contribution >= 4 is 12.0 Å². The highest BCUT2D eigenvalue weighted by atomic mass is 16.5. The summed E-state index contributed by atoms with van der Waals surface area (Å²) in [4.78, 5) is 27.9. The Morgan fingerprint density at radius 3 is 2.48 bits per heavy atom. The molecule has 0 radical (unpaired) electrons. The summed E-state index contributed by atoms with van der Waals surface area (Å²) in [5.74, 6) is -0.653. The fourth-order valence-corrected chi connectivity index (χ4v) is 2.04. The monoisotopic (exact) mass is 313 g/mol. The lowest BCUT2D eigenvalue weighted by molar-refractivity contribution is -0.123. The van der Waals surface area contributed by atoms with E-state index in [1.54, 1.807) is 31.3 Å². The number of hydrogen-bond acceptors (Lipinski definition) is 4. The predicted molar refractivity (Wildman–Crippen MR) is 85.3 cm³/mol. The third kappa shape index (κ3) is 4.81. The molecule has 6 heteroatoms. The predicted octanol–water partition coefficient (Wildman–Crippen LogP) is 1.79. The van der Waals surface area contributed by atoms with Gasteiger partial charge in [-0.05, 0) is 24.6 Å². The lowest BCUT2D eigenvalue weighted by atomic mass is 9.95. The zero-order valence-electron chi connectivity index (χ0n) is 12.9. The van der Waals surface area contributed by atoms with Crippen molar-refractivity contribution in [1.29, 1.82) is 0 Å². The summed E-state index contributed by atoms with van der Waals surface area (Å²) in [7, 11) is 0. The third-order valence-electron chi connectivity index (χ3n) is 3.40. The molecule has 1 atom stereocenters. The molecule has 2 aromatic rings. The molecule has 2 amide bonds. The van der Waals surface area contributed by atoms with Gasteiger partial charge in [0.05, 0.1) is 0 Å². The van der Waals surface area contributed by atoms with E-state index in [4.69, 9.17) is 10.5 Å². The summed E-state index contributed by atoms with van der Waals surface area (Å²) in [6.45, 7) is 1.67. The van der Waals surface area contributed by atoms with E-state index >= 15 is 0 Å². The number of nitrogens with two attached hydrogens (primary N) is 1. The van der Waals surface area contributed by atoms with Gasteiger partial charge in [0.2, 0.25) is 5.91 Å². The van der Waals surface area contributed by atoms with Crippen LogP contribution in [0.4, 0.5) is 4.79 Å². The maximum Gasteiger partial charge on any atom is 0.408 e. The SMILES string of the molecule is C[C@](Cc1ccccn1)(NC(=O)OCc1ccccc1)C(N)=O. The first-order valence-corrected chi connectivity index (χ1v) is 7.18. The molecule has 0 fully saturated rings. The summed E-state index contributed by atoms with van der Waals surface area (Å²) >= 11 is 0. The summed E-state index contributed by atoms with van der Waals surface area (Å²) < 4.78 is 5.13. The number of primary amides is 1. The minimum Gasteiger partial charge on any atom is -0.445 e. The molecule has 3 N–H and O–H groups in total. The van der Waals surface area contributed by atoms with Crippen molar-refractivity contribution < 1.29 is 14.3 Å².